The molecule has 0 radical (unpaired) electrons. The van der Waals surface area contributed by atoms with E-state index in [0.29, 0.717) is 24.2 Å². The molecule has 11 heteroatoms. The summed E-state index contributed by atoms with van der Waals surface area (Å²) in [5.41, 5.74) is -1.14. The molecule has 1 aliphatic heterocycles. The Morgan fingerprint density at radius 3 is 2.45 bits per heavy atom. The van der Waals surface area contributed by atoms with Gasteiger partial charge in [0, 0.05) is 25.9 Å². The number of fused-ring (bicyclic) bond motifs is 1. The fourth-order valence-electron chi connectivity index (χ4n) is 5.11. The molecular formula is C29H36F4N2O5. The van der Waals surface area contributed by atoms with Crippen LogP contribution in [0.2, 0.25) is 0 Å². The lowest BCUT2D eigenvalue weighted by Gasteiger charge is -2.43. The molecule has 0 aromatic heterocycles. The minimum atomic E-state index is -4.48. The highest BCUT2D eigenvalue weighted by molar-refractivity contribution is 5.85. The van der Waals surface area contributed by atoms with E-state index in [0.717, 1.165) is 12.1 Å². The van der Waals surface area contributed by atoms with Crippen molar-refractivity contribution in [3.8, 4) is 0 Å². The third-order valence-electron chi connectivity index (χ3n) is 7.05. The number of halogens is 4. The van der Waals surface area contributed by atoms with Gasteiger partial charge in [0.15, 0.2) is 11.4 Å². The van der Waals surface area contributed by atoms with E-state index in [1.54, 1.807) is 32.0 Å². The number of rotatable bonds is 10. The molecule has 2 aromatic carbocycles. The number of hydrogen-bond donors (Lipinski definition) is 1. The fourth-order valence-corrected chi connectivity index (χ4v) is 5.11. The van der Waals surface area contributed by atoms with E-state index in [1.807, 2.05) is 19.0 Å². The van der Waals surface area contributed by atoms with E-state index in [-0.39, 0.29) is 37.8 Å². The topological polar surface area (TPSA) is 69.3 Å². The summed E-state index contributed by atoms with van der Waals surface area (Å²) in [4.78, 5) is 15.6. The number of carbonyl (C=O) groups excluding carboxylic acids is 1. The van der Waals surface area contributed by atoms with Gasteiger partial charge in [-0.05, 0) is 63.3 Å². The minimum absolute atomic E-state index is 0.0311. The maximum Gasteiger partial charge on any atom is 0.416 e. The maximum atomic E-state index is 13.7. The molecule has 7 nitrogen and oxygen atoms in total. The normalized spacial score (nSPS) is 26.1. The number of ether oxygens (including phenoxy) is 4. The quantitative estimate of drug-likeness (QED) is 0.420. The van der Waals surface area contributed by atoms with Gasteiger partial charge in [0.2, 0.25) is 0 Å². The first kappa shape index (κ1) is 30.4. The maximum absolute atomic E-state index is 13.7. The third-order valence-corrected chi connectivity index (χ3v) is 7.05. The monoisotopic (exact) mass is 568 g/mol. The van der Waals surface area contributed by atoms with Gasteiger partial charge in [-0.25, -0.2) is 4.39 Å². The predicted octanol–water partition coefficient (Wildman–Crippen LogP) is 4.68. The molecule has 1 unspecified atom stereocenters. The highest BCUT2D eigenvalue weighted by Crippen LogP contribution is 2.44. The number of likely N-dealkylation sites (N-methyl/N-ethyl adjacent to an activating group) is 1. The largest absolute Gasteiger partial charge is 0.416 e. The molecule has 0 bridgehead atoms. The van der Waals surface area contributed by atoms with Crippen LogP contribution in [0.4, 0.5) is 17.6 Å². The molecule has 1 aliphatic carbocycles. The molecule has 2 aromatic rings. The average molecular weight is 569 g/mol. The highest BCUT2D eigenvalue weighted by atomic mass is 19.4. The summed E-state index contributed by atoms with van der Waals surface area (Å²) in [5, 5.41) is 2.95. The van der Waals surface area contributed by atoms with Crippen LogP contribution in [-0.2, 0) is 43.1 Å². The van der Waals surface area contributed by atoms with Crippen molar-refractivity contribution in [2.24, 2.45) is 0 Å². The second kappa shape index (κ2) is 12.1. The van der Waals surface area contributed by atoms with Crippen LogP contribution in [0.3, 0.4) is 0 Å². The van der Waals surface area contributed by atoms with Crippen LogP contribution in [0, 0.1) is 5.82 Å². The molecule has 4 atom stereocenters. The van der Waals surface area contributed by atoms with Gasteiger partial charge < -0.3 is 29.2 Å². The van der Waals surface area contributed by atoms with Crippen LogP contribution in [0.25, 0.3) is 0 Å². The number of amides is 1. The van der Waals surface area contributed by atoms with Crippen molar-refractivity contribution in [3.63, 3.8) is 0 Å². The number of nitrogens with one attached hydrogen (secondary N) is 1. The summed E-state index contributed by atoms with van der Waals surface area (Å²) in [6, 6.07) is 10.7. The average Bonchev–Trinajstić information content (AvgIpc) is 3.20. The van der Waals surface area contributed by atoms with Crippen molar-refractivity contribution in [1.82, 2.24) is 10.2 Å². The van der Waals surface area contributed by atoms with E-state index in [1.165, 1.54) is 18.2 Å². The van der Waals surface area contributed by atoms with Gasteiger partial charge in [-0.1, -0.05) is 24.3 Å². The van der Waals surface area contributed by atoms with E-state index in [2.05, 4.69) is 5.32 Å². The molecular weight excluding hydrogens is 532 g/mol. The Balaban J connectivity index is 1.59. The molecule has 2 fully saturated rings. The van der Waals surface area contributed by atoms with Crippen LogP contribution in [-0.4, -0.2) is 67.7 Å². The van der Waals surface area contributed by atoms with Gasteiger partial charge >= 0.3 is 6.18 Å². The minimum Gasteiger partial charge on any atom is -0.371 e. The zero-order valence-electron chi connectivity index (χ0n) is 23.1. The summed E-state index contributed by atoms with van der Waals surface area (Å²) in [5.74, 6) is -1.69. The molecule has 1 saturated heterocycles. The standard InChI is InChI=1S/C29H36F4N2O5/c1-27(2)39-24-16-28(26(36)34-12-13-35(3)4,38-18-19-8-10-22(30)11-9-19)15-23(25(24)40-27)37-17-20-6-5-7-21(14-20)29(31,32)33/h5-11,14,23-25H,12-13,15-18H2,1-4H3,(H,34,36)/t23?,24-,25+,28-/m1/s1. The zero-order chi connectivity index (χ0) is 29.1. The molecule has 4 rings (SSSR count). The lowest BCUT2D eigenvalue weighted by atomic mass is 9.78. The lowest BCUT2D eigenvalue weighted by molar-refractivity contribution is -0.183. The van der Waals surface area contributed by atoms with Crippen molar-refractivity contribution in [3.05, 3.63) is 71.0 Å². The number of carbonyl (C=O) groups is 1. The molecule has 1 N–H and O–H groups in total. The van der Waals surface area contributed by atoms with Gasteiger partial charge in [-0.15, -0.1) is 0 Å². The Labute approximate surface area is 231 Å². The van der Waals surface area contributed by atoms with Gasteiger partial charge in [-0.2, -0.15) is 13.2 Å². The Kier molecular flexibility index (Phi) is 9.21. The molecule has 1 saturated carbocycles. The fraction of sp³-hybridized carbons (Fsp3) is 0.552. The SMILES string of the molecule is CN(C)CCNC(=O)[C@@]1(OCc2ccc(F)cc2)CC(OCc2cccc(C(F)(F)F)c2)[C@@H]2OC(C)(C)O[C@@H]2C1. The third kappa shape index (κ3) is 7.58. The van der Waals surface area contributed by atoms with Crippen LogP contribution < -0.4 is 5.32 Å². The predicted molar refractivity (Wildman–Crippen MR) is 139 cm³/mol. The van der Waals surface area contributed by atoms with Crippen LogP contribution in [0.15, 0.2) is 48.5 Å². The second-order valence-electron chi connectivity index (χ2n) is 11.1. The van der Waals surface area contributed by atoms with Crippen LogP contribution >= 0.6 is 0 Å². The zero-order valence-corrected chi connectivity index (χ0v) is 23.1. The van der Waals surface area contributed by atoms with E-state index >= 15 is 0 Å². The first-order chi connectivity index (χ1) is 18.8. The van der Waals surface area contributed by atoms with E-state index < -0.39 is 41.4 Å². The molecule has 0 spiro atoms. The first-order valence-electron chi connectivity index (χ1n) is 13.2. The summed E-state index contributed by atoms with van der Waals surface area (Å²) >= 11 is 0. The van der Waals surface area contributed by atoms with Crippen LogP contribution in [0.1, 0.15) is 43.4 Å². The lowest BCUT2D eigenvalue weighted by Crippen LogP contribution is -2.60. The number of alkyl halides is 3. The first-order valence-corrected chi connectivity index (χ1v) is 13.2. The summed E-state index contributed by atoms with van der Waals surface area (Å²) in [6.45, 7) is 4.40. The van der Waals surface area contributed by atoms with E-state index in [9.17, 15) is 22.4 Å². The smallest absolute Gasteiger partial charge is 0.371 e. The van der Waals surface area contributed by atoms with Crippen molar-refractivity contribution in [1.29, 1.82) is 0 Å². The van der Waals surface area contributed by atoms with Gasteiger partial charge in [0.1, 0.15) is 11.9 Å². The number of benzene rings is 2. The van der Waals surface area contributed by atoms with Gasteiger partial charge in [0.25, 0.3) is 5.91 Å². The van der Waals surface area contributed by atoms with Crippen LogP contribution in [0.5, 0.6) is 0 Å². The molecule has 1 heterocycles. The highest BCUT2D eigenvalue weighted by Gasteiger charge is 2.58. The second-order valence-corrected chi connectivity index (χ2v) is 11.1. The summed E-state index contributed by atoms with van der Waals surface area (Å²) < 4.78 is 78.0. The Hall–Kier alpha value is -2.57. The Morgan fingerprint density at radius 2 is 1.77 bits per heavy atom. The number of hydrogen-bond acceptors (Lipinski definition) is 6. The van der Waals surface area contributed by atoms with Crippen molar-refractivity contribution >= 4 is 5.91 Å². The molecule has 2 aliphatic rings. The van der Waals surface area contributed by atoms with E-state index in [4.69, 9.17) is 18.9 Å². The molecule has 220 valence electrons. The van der Waals surface area contributed by atoms with Crippen molar-refractivity contribution in [2.45, 2.75) is 75.8 Å². The van der Waals surface area contributed by atoms with Gasteiger partial charge in [-0.3, -0.25) is 4.79 Å². The Morgan fingerprint density at radius 1 is 1.05 bits per heavy atom. The number of nitrogens with zero attached hydrogens (tertiary/aromatic N) is 1. The van der Waals surface area contributed by atoms with Gasteiger partial charge in [0.05, 0.1) is 31.0 Å². The summed E-state index contributed by atoms with van der Waals surface area (Å²) in [7, 11) is 3.78. The summed E-state index contributed by atoms with van der Waals surface area (Å²) in [6.07, 6.45) is -6.06. The van der Waals surface area contributed by atoms with Crippen molar-refractivity contribution < 1.29 is 41.3 Å². The molecule has 40 heavy (non-hydrogen) atoms. The van der Waals surface area contributed by atoms with Crippen molar-refractivity contribution in [2.75, 3.05) is 27.2 Å². The Bertz CT molecular complexity index is 1160. The molecule has 1 amide bonds.